The summed E-state index contributed by atoms with van der Waals surface area (Å²) < 4.78 is 0. The van der Waals surface area contributed by atoms with Gasteiger partial charge < -0.3 is 16.0 Å². The van der Waals surface area contributed by atoms with Crippen molar-refractivity contribution in [1.29, 1.82) is 0 Å². The predicted molar refractivity (Wildman–Crippen MR) is 94.1 cm³/mol. The number of carbonyl (C=O) groups excluding carboxylic acids is 1. The molecule has 3 N–H and O–H groups in total. The molecular formula is C17H19N3OS. The molecule has 0 aromatic heterocycles. The molecule has 0 heterocycles. The summed E-state index contributed by atoms with van der Waals surface area (Å²) in [6.45, 7) is 2.52. The van der Waals surface area contributed by atoms with Gasteiger partial charge in [0.05, 0.1) is 0 Å². The zero-order valence-electron chi connectivity index (χ0n) is 12.6. The molecule has 22 heavy (non-hydrogen) atoms. The SMILES string of the molecule is CNC(=O)c1ccccc1CNC(=S)Nc1cccc(C)c1. The topological polar surface area (TPSA) is 53.2 Å². The summed E-state index contributed by atoms with van der Waals surface area (Å²) in [6, 6.07) is 15.4. The lowest BCUT2D eigenvalue weighted by Crippen LogP contribution is -2.29. The normalized spacial score (nSPS) is 9.91. The van der Waals surface area contributed by atoms with Crippen LogP contribution in [-0.4, -0.2) is 18.1 Å². The lowest BCUT2D eigenvalue weighted by molar-refractivity contribution is 0.0962. The van der Waals surface area contributed by atoms with Crippen molar-refractivity contribution in [2.75, 3.05) is 12.4 Å². The van der Waals surface area contributed by atoms with E-state index < -0.39 is 0 Å². The van der Waals surface area contributed by atoms with Crippen LogP contribution in [0.1, 0.15) is 21.5 Å². The predicted octanol–water partition coefficient (Wildman–Crippen LogP) is 2.84. The lowest BCUT2D eigenvalue weighted by atomic mass is 10.1. The number of rotatable bonds is 4. The van der Waals surface area contributed by atoms with Gasteiger partial charge in [0.1, 0.15) is 0 Å². The minimum atomic E-state index is -0.102. The molecule has 0 aliphatic carbocycles. The monoisotopic (exact) mass is 313 g/mol. The highest BCUT2D eigenvalue weighted by Gasteiger charge is 2.09. The summed E-state index contributed by atoms with van der Waals surface area (Å²) in [5.74, 6) is -0.102. The van der Waals surface area contributed by atoms with Crippen molar-refractivity contribution in [2.24, 2.45) is 0 Å². The highest BCUT2D eigenvalue weighted by Crippen LogP contribution is 2.10. The van der Waals surface area contributed by atoms with Crippen molar-refractivity contribution in [3.63, 3.8) is 0 Å². The molecule has 0 atom stereocenters. The third kappa shape index (κ3) is 4.30. The Labute approximate surface area is 135 Å². The number of aryl methyl sites for hydroxylation is 1. The van der Waals surface area contributed by atoms with Crippen LogP contribution in [0.3, 0.4) is 0 Å². The standard InChI is InChI=1S/C17H19N3OS/c1-12-6-5-8-14(10-12)20-17(22)19-11-13-7-3-4-9-15(13)16(21)18-2/h3-10H,11H2,1-2H3,(H,18,21)(H2,19,20,22). The van der Waals surface area contributed by atoms with E-state index in [9.17, 15) is 4.79 Å². The molecule has 0 unspecified atom stereocenters. The number of nitrogens with one attached hydrogen (secondary N) is 3. The van der Waals surface area contributed by atoms with Crippen LogP contribution in [0.25, 0.3) is 0 Å². The van der Waals surface area contributed by atoms with Crippen molar-refractivity contribution in [3.05, 3.63) is 65.2 Å². The fourth-order valence-electron chi connectivity index (χ4n) is 2.10. The fourth-order valence-corrected chi connectivity index (χ4v) is 2.29. The second-order valence-electron chi connectivity index (χ2n) is 4.91. The largest absolute Gasteiger partial charge is 0.358 e. The second-order valence-corrected chi connectivity index (χ2v) is 5.32. The number of thiocarbonyl (C=S) groups is 1. The molecule has 0 aliphatic rings. The first kappa shape index (κ1) is 16.0. The van der Waals surface area contributed by atoms with Crippen LogP contribution in [0.4, 0.5) is 5.69 Å². The van der Waals surface area contributed by atoms with E-state index in [0.717, 1.165) is 16.8 Å². The third-order valence-electron chi connectivity index (χ3n) is 3.20. The Balaban J connectivity index is 1.98. The van der Waals surface area contributed by atoms with Crippen molar-refractivity contribution in [3.8, 4) is 0 Å². The number of carbonyl (C=O) groups is 1. The Hall–Kier alpha value is -2.40. The molecular weight excluding hydrogens is 294 g/mol. The van der Waals surface area contributed by atoms with Gasteiger partial charge in [-0.05, 0) is 48.5 Å². The molecule has 1 amide bonds. The minimum Gasteiger partial charge on any atom is -0.358 e. The highest BCUT2D eigenvalue weighted by molar-refractivity contribution is 7.80. The van der Waals surface area contributed by atoms with Gasteiger partial charge >= 0.3 is 0 Å². The van der Waals surface area contributed by atoms with E-state index in [2.05, 4.69) is 16.0 Å². The van der Waals surface area contributed by atoms with Crippen LogP contribution in [0.2, 0.25) is 0 Å². The Morgan fingerprint density at radius 2 is 1.91 bits per heavy atom. The van der Waals surface area contributed by atoms with Gasteiger partial charge in [-0.25, -0.2) is 0 Å². The van der Waals surface area contributed by atoms with Crippen LogP contribution in [0.15, 0.2) is 48.5 Å². The summed E-state index contributed by atoms with van der Waals surface area (Å²) in [6.07, 6.45) is 0. The van der Waals surface area contributed by atoms with Gasteiger partial charge in [0.2, 0.25) is 0 Å². The quantitative estimate of drug-likeness (QED) is 0.760. The number of anilines is 1. The van der Waals surface area contributed by atoms with E-state index in [0.29, 0.717) is 17.2 Å². The van der Waals surface area contributed by atoms with Crippen LogP contribution < -0.4 is 16.0 Å². The summed E-state index contributed by atoms with van der Waals surface area (Å²) in [7, 11) is 1.62. The van der Waals surface area contributed by atoms with Crippen molar-refractivity contribution < 1.29 is 4.79 Å². The van der Waals surface area contributed by atoms with E-state index in [1.54, 1.807) is 13.1 Å². The maximum Gasteiger partial charge on any atom is 0.251 e. The lowest BCUT2D eigenvalue weighted by Gasteiger charge is -2.13. The van der Waals surface area contributed by atoms with Crippen molar-refractivity contribution in [2.45, 2.75) is 13.5 Å². The second kappa shape index (κ2) is 7.56. The summed E-state index contributed by atoms with van der Waals surface area (Å²) in [5, 5.41) is 9.43. The Morgan fingerprint density at radius 1 is 1.14 bits per heavy atom. The molecule has 2 aromatic rings. The Morgan fingerprint density at radius 3 is 2.64 bits per heavy atom. The van der Waals surface area contributed by atoms with Gasteiger partial charge in [-0.1, -0.05) is 30.3 Å². The molecule has 0 fully saturated rings. The van der Waals surface area contributed by atoms with E-state index in [-0.39, 0.29) is 5.91 Å². The first-order chi connectivity index (χ1) is 10.6. The molecule has 0 aliphatic heterocycles. The van der Waals surface area contributed by atoms with Gasteiger partial charge in [0.15, 0.2) is 5.11 Å². The molecule has 5 heteroatoms. The molecule has 2 rings (SSSR count). The van der Waals surface area contributed by atoms with Crippen LogP contribution in [0, 0.1) is 6.92 Å². The zero-order chi connectivity index (χ0) is 15.9. The fraction of sp³-hybridized carbons (Fsp3) is 0.176. The maximum absolute atomic E-state index is 11.8. The third-order valence-corrected chi connectivity index (χ3v) is 3.45. The summed E-state index contributed by atoms with van der Waals surface area (Å²) >= 11 is 5.29. The van der Waals surface area contributed by atoms with Gasteiger partial charge in [-0.3, -0.25) is 4.79 Å². The van der Waals surface area contributed by atoms with Gasteiger partial charge in [0.25, 0.3) is 5.91 Å². The van der Waals surface area contributed by atoms with Crippen molar-refractivity contribution in [1.82, 2.24) is 10.6 Å². The Bertz CT molecular complexity index is 685. The first-order valence-corrected chi connectivity index (χ1v) is 7.42. The maximum atomic E-state index is 11.8. The number of hydrogen-bond donors (Lipinski definition) is 3. The average Bonchev–Trinajstić information content (AvgIpc) is 2.52. The van der Waals surface area contributed by atoms with Crippen LogP contribution in [0.5, 0.6) is 0 Å². The summed E-state index contributed by atoms with van der Waals surface area (Å²) in [5.41, 5.74) is 3.65. The summed E-state index contributed by atoms with van der Waals surface area (Å²) in [4.78, 5) is 11.8. The van der Waals surface area contributed by atoms with Crippen LogP contribution >= 0.6 is 12.2 Å². The van der Waals surface area contributed by atoms with E-state index in [1.165, 1.54) is 0 Å². The molecule has 2 aromatic carbocycles. The molecule has 114 valence electrons. The molecule has 0 radical (unpaired) electrons. The van der Waals surface area contributed by atoms with E-state index in [4.69, 9.17) is 12.2 Å². The van der Waals surface area contributed by atoms with Gasteiger partial charge in [0, 0.05) is 24.8 Å². The number of hydrogen-bond acceptors (Lipinski definition) is 2. The van der Waals surface area contributed by atoms with E-state index in [1.807, 2.05) is 49.4 Å². The average molecular weight is 313 g/mol. The van der Waals surface area contributed by atoms with Crippen molar-refractivity contribution >= 4 is 28.9 Å². The number of benzene rings is 2. The smallest absolute Gasteiger partial charge is 0.251 e. The molecule has 0 bridgehead atoms. The molecule has 0 saturated heterocycles. The highest BCUT2D eigenvalue weighted by atomic mass is 32.1. The Kier molecular flexibility index (Phi) is 5.49. The molecule has 0 saturated carbocycles. The molecule has 4 nitrogen and oxygen atoms in total. The number of amides is 1. The first-order valence-electron chi connectivity index (χ1n) is 7.01. The minimum absolute atomic E-state index is 0.102. The zero-order valence-corrected chi connectivity index (χ0v) is 13.5. The van der Waals surface area contributed by atoms with Gasteiger partial charge in [-0.2, -0.15) is 0 Å². The van der Waals surface area contributed by atoms with Crippen LogP contribution in [-0.2, 0) is 6.54 Å². The molecule has 0 spiro atoms. The van der Waals surface area contributed by atoms with E-state index >= 15 is 0 Å². The van der Waals surface area contributed by atoms with Gasteiger partial charge in [-0.15, -0.1) is 0 Å².